The summed E-state index contributed by atoms with van der Waals surface area (Å²) in [5, 5.41) is 9.03. The molecule has 0 fully saturated rings. The highest BCUT2D eigenvalue weighted by molar-refractivity contribution is 9.08. The van der Waals surface area contributed by atoms with Crippen LogP contribution in [0.25, 0.3) is 0 Å². The van der Waals surface area contributed by atoms with Crippen molar-refractivity contribution in [1.82, 2.24) is 4.98 Å². The summed E-state index contributed by atoms with van der Waals surface area (Å²) in [6, 6.07) is 0. The second kappa shape index (κ2) is 3.95. The minimum Gasteiger partial charge on any atom is -0.506 e. The summed E-state index contributed by atoms with van der Waals surface area (Å²) < 4.78 is 37.2. The number of halogens is 4. The number of aromatic nitrogens is 1. The Labute approximate surface area is 80.5 Å². The Morgan fingerprint density at radius 2 is 2.15 bits per heavy atom. The molecule has 0 radical (unpaired) electrons. The quantitative estimate of drug-likeness (QED) is 0.651. The Morgan fingerprint density at radius 3 is 2.54 bits per heavy atom. The first-order valence-corrected chi connectivity index (χ1v) is 4.40. The van der Waals surface area contributed by atoms with Crippen LogP contribution in [0.1, 0.15) is 17.6 Å². The van der Waals surface area contributed by atoms with Crippen LogP contribution in [-0.4, -0.2) is 10.1 Å². The third-order valence-electron chi connectivity index (χ3n) is 1.51. The van der Waals surface area contributed by atoms with E-state index in [1.807, 2.05) is 0 Å². The van der Waals surface area contributed by atoms with E-state index in [2.05, 4.69) is 20.9 Å². The van der Waals surface area contributed by atoms with Crippen molar-refractivity contribution in [2.45, 2.75) is 11.8 Å². The molecule has 0 aliphatic heterocycles. The molecular formula is C7H5BrF3NO. The molecule has 1 rings (SSSR count). The average Bonchev–Trinajstić information content (AvgIpc) is 2.07. The van der Waals surface area contributed by atoms with E-state index in [0.717, 1.165) is 6.20 Å². The van der Waals surface area contributed by atoms with Gasteiger partial charge in [0.1, 0.15) is 5.75 Å². The zero-order valence-corrected chi connectivity index (χ0v) is 7.85. The topological polar surface area (TPSA) is 33.1 Å². The van der Waals surface area contributed by atoms with Gasteiger partial charge < -0.3 is 5.11 Å². The first kappa shape index (κ1) is 10.3. The number of alkyl halides is 3. The molecule has 13 heavy (non-hydrogen) atoms. The summed E-state index contributed by atoms with van der Waals surface area (Å²) in [5.41, 5.74) is -1.01. The fourth-order valence-electron chi connectivity index (χ4n) is 0.890. The maximum Gasteiger partial charge on any atom is 0.268 e. The standard InChI is InChI=1S/C7H5BrF3NO/c8-1-3-4(13)2-12-7(11)5(3)6(9)10/h2,6,13H,1H2. The van der Waals surface area contributed by atoms with Crippen molar-refractivity contribution in [3.8, 4) is 5.75 Å². The van der Waals surface area contributed by atoms with Gasteiger partial charge in [-0.3, -0.25) is 0 Å². The van der Waals surface area contributed by atoms with Crippen molar-refractivity contribution >= 4 is 15.9 Å². The van der Waals surface area contributed by atoms with E-state index in [1.54, 1.807) is 0 Å². The minimum absolute atomic E-state index is 0.0437. The first-order chi connectivity index (χ1) is 6.07. The van der Waals surface area contributed by atoms with Crippen molar-refractivity contribution in [2.75, 3.05) is 0 Å². The SMILES string of the molecule is Oc1cnc(F)c(C(F)F)c1CBr. The second-order valence-corrected chi connectivity index (χ2v) is 2.82. The Balaban J connectivity index is 3.35. The van der Waals surface area contributed by atoms with Gasteiger partial charge in [0.2, 0.25) is 5.95 Å². The molecule has 1 heterocycles. The molecule has 0 spiro atoms. The Hall–Kier alpha value is -0.780. The second-order valence-electron chi connectivity index (χ2n) is 2.26. The van der Waals surface area contributed by atoms with E-state index < -0.39 is 23.7 Å². The number of hydrogen-bond acceptors (Lipinski definition) is 2. The van der Waals surface area contributed by atoms with Gasteiger partial charge in [-0.05, 0) is 0 Å². The number of hydrogen-bond donors (Lipinski definition) is 1. The summed E-state index contributed by atoms with van der Waals surface area (Å²) in [6.45, 7) is 0. The fraction of sp³-hybridized carbons (Fsp3) is 0.286. The Morgan fingerprint density at radius 1 is 1.54 bits per heavy atom. The highest BCUT2D eigenvalue weighted by Gasteiger charge is 2.21. The molecule has 6 heteroatoms. The van der Waals surface area contributed by atoms with Gasteiger partial charge in [0.25, 0.3) is 6.43 Å². The lowest BCUT2D eigenvalue weighted by Crippen LogP contribution is -2.00. The summed E-state index contributed by atoms with van der Waals surface area (Å²) in [7, 11) is 0. The minimum atomic E-state index is -2.98. The molecule has 2 nitrogen and oxygen atoms in total. The van der Waals surface area contributed by atoms with E-state index in [4.69, 9.17) is 5.11 Å². The van der Waals surface area contributed by atoms with Crippen molar-refractivity contribution in [1.29, 1.82) is 0 Å². The predicted octanol–water partition coefficient (Wildman–Crippen LogP) is 2.76. The first-order valence-electron chi connectivity index (χ1n) is 3.28. The third kappa shape index (κ3) is 1.93. The molecule has 0 saturated carbocycles. The van der Waals surface area contributed by atoms with Gasteiger partial charge in [-0.1, -0.05) is 15.9 Å². The van der Waals surface area contributed by atoms with Crippen LogP contribution in [0.5, 0.6) is 5.75 Å². The van der Waals surface area contributed by atoms with Gasteiger partial charge in [0, 0.05) is 10.9 Å². The van der Waals surface area contributed by atoms with Crippen LogP contribution in [0, 0.1) is 5.95 Å². The highest BCUT2D eigenvalue weighted by Crippen LogP contribution is 2.31. The predicted molar refractivity (Wildman–Crippen MR) is 43.4 cm³/mol. The molecular weight excluding hydrogens is 251 g/mol. The van der Waals surface area contributed by atoms with Crippen molar-refractivity contribution in [3.05, 3.63) is 23.3 Å². The van der Waals surface area contributed by atoms with Crippen LogP contribution < -0.4 is 0 Å². The van der Waals surface area contributed by atoms with Crippen LogP contribution in [-0.2, 0) is 5.33 Å². The third-order valence-corrected chi connectivity index (χ3v) is 2.07. The molecule has 0 aromatic carbocycles. The molecule has 1 aromatic heterocycles. The summed E-state index contributed by atoms with van der Waals surface area (Å²) in [6.07, 6.45) is -2.18. The largest absolute Gasteiger partial charge is 0.506 e. The Bertz CT molecular complexity index is 319. The monoisotopic (exact) mass is 255 g/mol. The van der Waals surface area contributed by atoms with E-state index in [-0.39, 0.29) is 10.9 Å². The normalized spacial score (nSPS) is 10.8. The Kier molecular flexibility index (Phi) is 3.13. The number of nitrogens with zero attached hydrogens (tertiary/aromatic N) is 1. The van der Waals surface area contributed by atoms with Gasteiger partial charge in [0.05, 0.1) is 11.8 Å². The lowest BCUT2D eigenvalue weighted by Gasteiger charge is -2.07. The molecule has 0 saturated heterocycles. The van der Waals surface area contributed by atoms with Gasteiger partial charge in [-0.15, -0.1) is 0 Å². The molecule has 0 amide bonds. The van der Waals surface area contributed by atoms with Gasteiger partial charge in [0.15, 0.2) is 0 Å². The number of pyridine rings is 1. The molecule has 0 aliphatic carbocycles. The fourth-order valence-corrected chi connectivity index (χ4v) is 1.48. The van der Waals surface area contributed by atoms with Crippen molar-refractivity contribution in [2.24, 2.45) is 0 Å². The van der Waals surface area contributed by atoms with Crippen LogP contribution in [0.15, 0.2) is 6.20 Å². The molecule has 0 aliphatic rings. The van der Waals surface area contributed by atoms with Gasteiger partial charge in [-0.25, -0.2) is 13.8 Å². The van der Waals surface area contributed by atoms with Crippen LogP contribution in [0.4, 0.5) is 13.2 Å². The van der Waals surface area contributed by atoms with Gasteiger partial charge >= 0.3 is 0 Å². The lowest BCUT2D eigenvalue weighted by atomic mass is 10.1. The molecule has 72 valence electrons. The van der Waals surface area contributed by atoms with Crippen molar-refractivity contribution < 1.29 is 18.3 Å². The summed E-state index contributed by atoms with van der Waals surface area (Å²) in [5.74, 6) is -1.68. The lowest BCUT2D eigenvalue weighted by molar-refractivity contribution is 0.143. The van der Waals surface area contributed by atoms with Crippen molar-refractivity contribution in [3.63, 3.8) is 0 Å². The zero-order valence-electron chi connectivity index (χ0n) is 6.27. The zero-order chi connectivity index (χ0) is 10.0. The number of rotatable bonds is 2. The van der Waals surface area contributed by atoms with Crippen LogP contribution in [0.3, 0.4) is 0 Å². The maximum absolute atomic E-state index is 12.7. The van der Waals surface area contributed by atoms with E-state index in [0.29, 0.717) is 0 Å². The molecule has 1 aromatic rings. The average molecular weight is 256 g/mol. The molecule has 0 atom stereocenters. The van der Waals surface area contributed by atoms with E-state index >= 15 is 0 Å². The van der Waals surface area contributed by atoms with Crippen LogP contribution in [0.2, 0.25) is 0 Å². The van der Waals surface area contributed by atoms with E-state index in [1.165, 1.54) is 0 Å². The maximum atomic E-state index is 12.7. The molecule has 0 bridgehead atoms. The summed E-state index contributed by atoms with van der Waals surface area (Å²) in [4.78, 5) is 2.99. The van der Waals surface area contributed by atoms with Gasteiger partial charge in [-0.2, -0.15) is 4.39 Å². The number of aromatic hydroxyl groups is 1. The van der Waals surface area contributed by atoms with Crippen LogP contribution >= 0.6 is 15.9 Å². The highest BCUT2D eigenvalue weighted by atomic mass is 79.9. The molecule has 1 N–H and O–H groups in total. The smallest absolute Gasteiger partial charge is 0.268 e. The van der Waals surface area contributed by atoms with E-state index in [9.17, 15) is 13.2 Å². The molecule has 0 unspecified atom stereocenters. The summed E-state index contributed by atoms with van der Waals surface area (Å²) >= 11 is 2.87.